The maximum Gasteiger partial charge on any atom is 0.431 e. The molecule has 0 atom stereocenters. The molecule has 0 amide bonds. The lowest BCUT2D eigenvalue weighted by Crippen LogP contribution is -2.15. The molecule has 0 saturated heterocycles. The van der Waals surface area contributed by atoms with Gasteiger partial charge in [0.2, 0.25) is 5.82 Å². The van der Waals surface area contributed by atoms with Crippen LogP contribution in [0.1, 0.15) is 16.3 Å². The van der Waals surface area contributed by atoms with Crippen LogP contribution < -0.4 is 0 Å². The molecule has 0 unspecified atom stereocenters. The zero-order valence-corrected chi connectivity index (χ0v) is 7.69. The Morgan fingerprint density at radius 1 is 1.38 bits per heavy atom. The molecule has 0 spiro atoms. The lowest BCUT2D eigenvalue weighted by atomic mass is 10.3. The van der Waals surface area contributed by atoms with Gasteiger partial charge >= 0.3 is 12.1 Å². The van der Waals surface area contributed by atoms with E-state index in [4.69, 9.17) is 5.11 Å². The van der Waals surface area contributed by atoms with Crippen LogP contribution in [0, 0.1) is 0 Å². The van der Waals surface area contributed by atoms with Crippen molar-refractivity contribution in [3.63, 3.8) is 0 Å². The molecule has 84 valence electrons. The molecule has 16 heavy (non-hydrogen) atoms. The third-order valence-corrected chi connectivity index (χ3v) is 2.03. The van der Waals surface area contributed by atoms with Gasteiger partial charge in [0.05, 0.1) is 11.7 Å². The molecule has 0 aliphatic rings. The minimum absolute atomic E-state index is 0.0900. The third-order valence-electron chi connectivity index (χ3n) is 2.03. The van der Waals surface area contributed by atoms with Gasteiger partial charge in [0, 0.05) is 0 Å². The number of imidazole rings is 1. The second-order valence-electron chi connectivity index (χ2n) is 3.06. The molecule has 2 aromatic rings. The van der Waals surface area contributed by atoms with Crippen LogP contribution in [0.5, 0.6) is 0 Å². The minimum Gasteiger partial charge on any atom is -0.475 e. The van der Waals surface area contributed by atoms with E-state index < -0.39 is 23.7 Å². The fraction of sp³-hybridized carbons (Fsp3) is 0.111. The summed E-state index contributed by atoms with van der Waals surface area (Å²) in [6.07, 6.45) is -3.54. The second-order valence-corrected chi connectivity index (χ2v) is 3.06. The normalized spacial score (nSPS) is 11.9. The summed E-state index contributed by atoms with van der Waals surface area (Å²) in [5.74, 6) is -2.15. The fourth-order valence-electron chi connectivity index (χ4n) is 1.42. The van der Waals surface area contributed by atoms with Crippen molar-refractivity contribution in [3.8, 4) is 0 Å². The number of hydrogen-bond acceptors (Lipinski definition) is 2. The van der Waals surface area contributed by atoms with Gasteiger partial charge in [0.25, 0.3) is 0 Å². The van der Waals surface area contributed by atoms with E-state index in [1.54, 1.807) is 0 Å². The molecule has 1 N–H and O–H groups in total. The van der Waals surface area contributed by atoms with E-state index in [0.29, 0.717) is 4.40 Å². The molecule has 0 fully saturated rings. The Morgan fingerprint density at radius 2 is 2.06 bits per heavy atom. The number of pyridine rings is 1. The highest BCUT2D eigenvalue weighted by molar-refractivity contribution is 5.85. The Bertz CT molecular complexity index is 559. The van der Waals surface area contributed by atoms with E-state index in [1.807, 2.05) is 0 Å². The summed E-state index contributed by atoms with van der Waals surface area (Å²) in [6, 6.07) is 3.36. The predicted molar refractivity (Wildman–Crippen MR) is 47.2 cm³/mol. The molecule has 2 aromatic heterocycles. The van der Waals surface area contributed by atoms with Gasteiger partial charge in [-0.2, -0.15) is 13.2 Å². The van der Waals surface area contributed by atoms with Crippen molar-refractivity contribution in [2.75, 3.05) is 0 Å². The zero-order valence-electron chi connectivity index (χ0n) is 7.69. The van der Waals surface area contributed by atoms with Crippen molar-refractivity contribution in [2.45, 2.75) is 6.18 Å². The molecule has 0 aromatic carbocycles. The smallest absolute Gasteiger partial charge is 0.431 e. The van der Waals surface area contributed by atoms with Gasteiger partial charge in [-0.15, -0.1) is 0 Å². The summed E-state index contributed by atoms with van der Waals surface area (Å²) in [6.45, 7) is 0. The van der Waals surface area contributed by atoms with Crippen LogP contribution in [0.2, 0.25) is 0 Å². The summed E-state index contributed by atoms with van der Waals surface area (Å²) in [5.41, 5.74) is -0.966. The maximum atomic E-state index is 12.6. The van der Waals surface area contributed by atoms with Crippen LogP contribution >= 0.6 is 0 Å². The van der Waals surface area contributed by atoms with Crippen LogP contribution in [-0.4, -0.2) is 20.5 Å². The zero-order chi connectivity index (χ0) is 11.9. The van der Waals surface area contributed by atoms with Crippen LogP contribution in [0.3, 0.4) is 0 Å². The summed E-state index contributed by atoms with van der Waals surface area (Å²) >= 11 is 0. The van der Waals surface area contributed by atoms with Crippen molar-refractivity contribution in [1.29, 1.82) is 0 Å². The first-order valence-electron chi connectivity index (χ1n) is 4.18. The molecule has 0 aliphatic heterocycles. The largest absolute Gasteiger partial charge is 0.475 e. The lowest BCUT2D eigenvalue weighted by molar-refractivity contribution is -0.142. The molecule has 0 aliphatic carbocycles. The van der Waals surface area contributed by atoms with Crippen molar-refractivity contribution >= 4 is 11.5 Å². The number of carbonyl (C=O) groups is 1. The van der Waals surface area contributed by atoms with Gasteiger partial charge in [-0.3, -0.25) is 4.40 Å². The standard InChI is InChI=1S/C9H5F3N2O2/c10-9(11,12)6-3-1-2-5-4-13-7(8(15)16)14(5)6/h1-4H,(H,15,16). The maximum absolute atomic E-state index is 12.6. The number of fused-ring (bicyclic) bond motifs is 1. The Hall–Kier alpha value is -2.05. The summed E-state index contributed by atoms with van der Waals surface area (Å²) in [5, 5.41) is 8.71. The van der Waals surface area contributed by atoms with Crippen LogP contribution in [0.15, 0.2) is 24.4 Å². The average Bonchev–Trinajstić information content (AvgIpc) is 2.58. The van der Waals surface area contributed by atoms with E-state index in [1.165, 1.54) is 12.1 Å². The van der Waals surface area contributed by atoms with Gasteiger partial charge in [0.15, 0.2) is 0 Å². The monoisotopic (exact) mass is 230 g/mol. The molecule has 0 saturated carbocycles. The highest BCUT2D eigenvalue weighted by Gasteiger charge is 2.34. The Labute approximate surface area is 87.0 Å². The van der Waals surface area contributed by atoms with Crippen molar-refractivity contribution in [1.82, 2.24) is 9.38 Å². The molecule has 4 nitrogen and oxygen atoms in total. The molecule has 0 radical (unpaired) electrons. The third kappa shape index (κ3) is 1.50. The highest BCUT2D eigenvalue weighted by atomic mass is 19.4. The van der Waals surface area contributed by atoms with E-state index in [0.717, 1.165) is 12.3 Å². The summed E-state index contributed by atoms with van der Waals surface area (Å²) in [4.78, 5) is 14.1. The summed E-state index contributed by atoms with van der Waals surface area (Å²) in [7, 11) is 0. The lowest BCUT2D eigenvalue weighted by Gasteiger charge is -2.10. The van der Waals surface area contributed by atoms with Gasteiger partial charge < -0.3 is 5.11 Å². The predicted octanol–water partition coefficient (Wildman–Crippen LogP) is 2.05. The SMILES string of the molecule is O=C(O)c1ncc2cccc(C(F)(F)F)n12. The minimum atomic E-state index is -4.62. The van der Waals surface area contributed by atoms with Crippen molar-refractivity contribution in [3.05, 3.63) is 35.9 Å². The molecule has 7 heteroatoms. The van der Waals surface area contributed by atoms with Gasteiger partial charge in [-0.05, 0) is 12.1 Å². The number of halogens is 3. The number of nitrogens with zero attached hydrogens (tertiary/aromatic N) is 2. The Balaban J connectivity index is 2.84. The van der Waals surface area contributed by atoms with Crippen molar-refractivity contribution in [2.24, 2.45) is 0 Å². The van der Waals surface area contributed by atoms with Crippen LogP contribution in [-0.2, 0) is 6.18 Å². The van der Waals surface area contributed by atoms with E-state index in [9.17, 15) is 18.0 Å². The molecule has 2 heterocycles. The number of alkyl halides is 3. The first-order valence-corrected chi connectivity index (χ1v) is 4.18. The van der Waals surface area contributed by atoms with E-state index in [-0.39, 0.29) is 5.52 Å². The number of carboxylic acids is 1. The van der Waals surface area contributed by atoms with Gasteiger partial charge in [0.1, 0.15) is 5.69 Å². The van der Waals surface area contributed by atoms with Crippen LogP contribution in [0.25, 0.3) is 5.52 Å². The number of aromatic nitrogens is 2. The van der Waals surface area contributed by atoms with Gasteiger partial charge in [-0.1, -0.05) is 6.07 Å². The first kappa shape index (κ1) is 10.5. The fourth-order valence-corrected chi connectivity index (χ4v) is 1.42. The van der Waals surface area contributed by atoms with E-state index >= 15 is 0 Å². The summed E-state index contributed by atoms with van der Waals surface area (Å²) < 4.78 is 38.4. The Morgan fingerprint density at radius 3 is 2.62 bits per heavy atom. The van der Waals surface area contributed by atoms with Crippen LogP contribution in [0.4, 0.5) is 13.2 Å². The number of rotatable bonds is 1. The Kier molecular flexibility index (Phi) is 2.11. The first-order chi connectivity index (χ1) is 7.41. The molecular formula is C9H5F3N2O2. The highest BCUT2D eigenvalue weighted by Crippen LogP contribution is 2.30. The topological polar surface area (TPSA) is 54.6 Å². The quantitative estimate of drug-likeness (QED) is 0.815. The number of aromatic carboxylic acids is 1. The second kappa shape index (κ2) is 3.22. The molecule has 0 bridgehead atoms. The van der Waals surface area contributed by atoms with E-state index in [2.05, 4.69) is 4.98 Å². The van der Waals surface area contributed by atoms with Crippen molar-refractivity contribution < 1.29 is 23.1 Å². The molecule has 2 rings (SSSR count). The number of hydrogen-bond donors (Lipinski definition) is 1. The average molecular weight is 230 g/mol. The molecular weight excluding hydrogens is 225 g/mol. The van der Waals surface area contributed by atoms with Gasteiger partial charge in [-0.25, -0.2) is 9.78 Å². The number of carboxylic acid groups (broad SMARTS) is 1.